The normalized spacial score (nSPS) is 30.2. The first-order valence-electron chi connectivity index (χ1n) is 7.47. The second-order valence-electron chi connectivity index (χ2n) is 5.89. The van der Waals surface area contributed by atoms with Gasteiger partial charge in [-0.3, -0.25) is 9.69 Å². The molecule has 4 nitrogen and oxygen atoms in total. The maximum absolute atomic E-state index is 12.0. The molecule has 0 spiro atoms. The minimum Gasteiger partial charge on any atom is -0.352 e. The van der Waals surface area contributed by atoms with Crippen molar-refractivity contribution in [2.24, 2.45) is 5.73 Å². The fraction of sp³-hybridized carbons (Fsp3) is 0.929. The van der Waals surface area contributed by atoms with Gasteiger partial charge in [-0.05, 0) is 44.8 Å². The van der Waals surface area contributed by atoms with Crippen LogP contribution in [0.3, 0.4) is 0 Å². The van der Waals surface area contributed by atoms with Gasteiger partial charge in [-0.15, -0.1) is 0 Å². The first-order valence-corrected chi connectivity index (χ1v) is 8.76. The summed E-state index contributed by atoms with van der Waals surface area (Å²) >= 11 is 1.96. The lowest BCUT2D eigenvalue weighted by atomic mass is 9.95. The molecule has 1 aliphatic carbocycles. The lowest BCUT2D eigenvalue weighted by Crippen LogP contribution is -2.47. The molecule has 2 rings (SSSR count). The molecule has 19 heavy (non-hydrogen) atoms. The smallest absolute Gasteiger partial charge is 0.234 e. The van der Waals surface area contributed by atoms with Gasteiger partial charge >= 0.3 is 0 Å². The van der Waals surface area contributed by atoms with Crippen molar-refractivity contribution >= 4 is 17.7 Å². The highest BCUT2D eigenvalue weighted by molar-refractivity contribution is 7.99. The molecule has 5 heteroatoms. The van der Waals surface area contributed by atoms with E-state index in [9.17, 15) is 4.79 Å². The highest BCUT2D eigenvalue weighted by Crippen LogP contribution is 2.26. The van der Waals surface area contributed by atoms with Crippen molar-refractivity contribution in [2.45, 2.75) is 55.9 Å². The Labute approximate surface area is 120 Å². The van der Waals surface area contributed by atoms with Crippen LogP contribution in [-0.4, -0.2) is 54.0 Å². The second kappa shape index (κ2) is 7.50. The Hall–Kier alpha value is -0.260. The zero-order valence-corrected chi connectivity index (χ0v) is 12.8. The van der Waals surface area contributed by atoms with Crippen molar-refractivity contribution in [3.63, 3.8) is 0 Å². The Morgan fingerprint density at radius 3 is 2.42 bits per heavy atom. The molecule has 0 unspecified atom stereocenters. The molecule has 0 aromatic carbocycles. The van der Waals surface area contributed by atoms with Gasteiger partial charge in [-0.2, -0.15) is 11.8 Å². The van der Waals surface area contributed by atoms with Gasteiger partial charge in [-0.1, -0.05) is 0 Å². The van der Waals surface area contributed by atoms with Crippen molar-refractivity contribution < 1.29 is 4.79 Å². The Bertz CT molecular complexity index is 284. The summed E-state index contributed by atoms with van der Waals surface area (Å²) in [6.07, 6.45) is 8.99. The van der Waals surface area contributed by atoms with Crippen LogP contribution in [0.5, 0.6) is 0 Å². The number of hydrogen-bond acceptors (Lipinski definition) is 4. The first kappa shape index (κ1) is 15.1. The van der Waals surface area contributed by atoms with Gasteiger partial charge < -0.3 is 11.1 Å². The molecule has 110 valence electrons. The lowest BCUT2D eigenvalue weighted by Gasteiger charge is -2.31. The molecule has 0 aromatic heterocycles. The topological polar surface area (TPSA) is 58.4 Å². The Morgan fingerprint density at radius 1 is 1.21 bits per heavy atom. The molecule has 1 saturated heterocycles. The molecule has 1 amide bonds. The number of carbonyl (C=O) groups is 1. The highest BCUT2D eigenvalue weighted by Gasteiger charge is 2.23. The van der Waals surface area contributed by atoms with Crippen LogP contribution in [0.2, 0.25) is 0 Å². The predicted molar refractivity (Wildman–Crippen MR) is 81.4 cm³/mol. The molecule has 0 radical (unpaired) electrons. The van der Waals surface area contributed by atoms with Crippen LogP contribution in [0.25, 0.3) is 0 Å². The molecule has 0 atom stereocenters. The van der Waals surface area contributed by atoms with Gasteiger partial charge in [0.15, 0.2) is 0 Å². The molecule has 0 aromatic rings. The van der Waals surface area contributed by atoms with E-state index in [-0.39, 0.29) is 5.91 Å². The van der Waals surface area contributed by atoms with Crippen molar-refractivity contribution in [3.05, 3.63) is 0 Å². The standard InChI is InChI=1S/C14H27N3OS/c1-19-13-4-2-12(3-5-13)16-14(18)10-17-8-6-11(15)7-9-17/h11-13H,2-10,15H2,1H3,(H,16,18). The number of hydrogen-bond donors (Lipinski definition) is 2. The van der Waals surface area contributed by atoms with Crippen LogP contribution in [0.4, 0.5) is 0 Å². The highest BCUT2D eigenvalue weighted by atomic mass is 32.2. The molecule has 2 fully saturated rings. The Morgan fingerprint density at radius 2 is 1.84 bits per heavy atom. The van der Waals surface area contributed by atoms with E-state index in [4.69, 9.17) is 5.73 Å². The van der Waals surface area contributed by atoms with Crippen LogP contribution in [0.15, 0.2) is 0 Å². The summed E-state index contributed by atoms with van der Waals surface area (Å²) in [6.45, 7) is 2.48. The number of piperidine rings is 1. The summed E-state index contributed by atoms with van der Waals surface area (Å²) in [5.41, 5.74) is 5.87. The van der Waals surface area contributed by atoms with Crippen LogP contribution in [-0.2, 0) is 4.79 Å². The van der Waals surface area contributed by atoms with Gasteiger partial charge in [0.1, 0.15) is 0 Å². The summed E-state index contributed by atoms with van der Waals surface area (Å²) in [5.74, 6) is 0.197. The van der Waals surface area contributed by atoms with Crippen molar-refractivity contribution in [1.82, 2.24) is 10.2 Å². The monoisotopic (exact) mass is 285 g/mol. The van der Waals surface area contributed by atoms with E-state index in [1.54, 1.807) is 0 Å². The van der Waals surface area contributed by atoms with Crippen molar-refractivity contribution in [2.75, 3.05) is 25.9 Å². The number of nitrogens with zero attached hydrogens (tertiary/aromatic N) is 1. The van der Waals surface area contributed by atoms with Crippen LogP contribution >= 0.6 is 11.8 Å². The predicted octanol–water partition coefficient (Wildman–Crippen LogP) is 1.20. The van der Waals surface area contributed by atoms with Crippen LogP contribution in [0.1, 0.15) is 38.5 Å². The van der Waals surface area contributed by atoms with Gasteiger partial charge in [0.25, 0.3) is 0 Å². The zero-order chi connectivity index (χ0) is 13.7. The van der Waals surface area contributed by atoms with E-state index >= 15 is 0 Å². The zero-order valence-electron chi connectivity index (χ0n) is 11.9. The van der Waals surface area contributed by atoms with E-state index in [1.807, 2.05) is 11.8 Å². The average molecular weight is 285 g/mol. The molecule has 0 bridgehead atoms. The quantitative estimate of drug-likeness (QED) is 0.815. The van der Waals surface area contributed by atoms with E-state index in [2.05, 4.69) is 16.5 Å². The third kappa shape index (κ3) is 4.97. The van der Waals surface area contributed by atoms with Gasteiger partial charge in [-0.25, -0.2) is 0 Å². The van der Waals surface area contributed by atoms with E-state index in [0.29, 0.717) is 18.6 Å². The molecule has 2 aliphatic rings. The number of amides is 1. The molecule has 1 heterocycles. The van der Waals surface area contributed by atoms with Crippen molar-refractivity contribution in [1.29, 1.82) is 0 Å². The number of thioether (sulfide) groups is 1. The molecular weight excluding hydrogens is 258 g/mol. The number of nitrogens with two attached hydrogens (primary N) is 1. The van der Waals surface area contributed by atoms with Gasteiger partial charge in [0, 0.05) is 30.4 Å². The number of likely N-dealkylation sites (tertiary alicyclic amines) is 1. The minimum atomic E-state index is 0.197. The van der Waals surface area contributed by atoms with E-state index in [0.717, 1.165) is 44.0 Å². The van der Waals surface area contributed by atoms with Gasteiger partial charge in [0.05, 0.1) is 6.54 Å². The number of rotatable bonds is 4. The molecule has 3 N–H and O–H groups in total. The third-order valence-corrected chi connectivity index (χ3v) is 5.51. The Balaban J connectivity index is 1.64. The maximum atomic E-state index is 12.0. The average Bonchev–Trinajstić information content (AvgIpc) is 2.42. The summed E-state index contributed by atoms with van der Waals surface area (Å²) in [4.78, 5) is 14.3. The molecular formula is C14H27N3OS. The number of nitrogens with one attached hydrogen (secondary N) is 1. The van der Waals surface area contributed by atoms with Crippen LogP contribution in [0, 0.1) is 0 Å². The first-order chi connectivity index (χ1) is 9.17. The fourth-order valence-electron chi connectivity index (χ4n) is 3.03. The molecule has 1 saturated carbocycles. The Kier molecular flexibility index (Phi) is 5.98. The SMILES string of the molecule is CSC1CCC(NC(=O)CN2CCC(N)CC2)CC1. The van der Waals surface area contributed by atoms with Gasteiger partial charge in [0.2, 0.25) is 5.91 Å². The second-order valence-corrected chi connectivity index (χ2v) is 7.03. The van der Waals surface area contributed by atoms with Crippen LogP contribution < -0.4 is 11.1 Å². The van der Waals surface area contributed by atoms with E-state index in [1.165, 1.54) is 12.8 Å². The summed E-state index contributed by atoms with van der Waals surface area (Å²) in [7, 11) is 0. The summed E-state index contributed by atoms with van der Waals surface area (Å²) < 4.78 is 0. The summed E-state index contributed by atoms with van der Waals surface area (Å²) in [6, 6.07) is 0.740. The maximum Gasteiger partial charge on any atom is 0.234 e. The largest absolute Gasteiger partial charge is 0.352 e. The minimum absolute atomic E-state index is 0.197. The molecule has 1 aliphatic heterocycles. The number of carbonyl (C=O) groups excluding carboxylic acids is 1. The summed E-state index contributed by atoms with van der Waals surface area (Å²) in [5, 5.41) is 4.00. The van der Waals surface area contributed by atoms with E-state index < -0.39 is 0 Å². The van der Waals surface area contributed by atoms with Crippen molar-refractivity contribution in [3.8, 4) is 0 Å². The lowest BCUT2D eigenvalue weighted by molar-refractivity contribution is -0.123. The fourth-order valence-corrected chi connectivity index (χ4v) is 3.77. The third-order valence-electron chi connectivity index (χ3n) is 4.37.